The summed E-state index contributed by atoms with van der Waals surface area (Å²) in [4.78, 5) is 11.0. The van der Waals surface area contributed by atoms with Crippen LogP contribution in [0.2, 0.25) is 5.02 Å². The van der Waals surface area contributed by atoms with Crippen LogP contribution >= 0.6 is 11.6 Å². The van der Waals surface area contributed by atoms with E-state index in [-0.39, 0.29) is 0 Å². The van der Waals surface area contributed by atoms with E-state index in [0.717, 1.165) is 35.1 Å². The fraction of sp³-hybridized carbons (Fsp3) is 0.214. The lowest BCUT2D eigenvalue weighted by atomic mass is 10.0. The monoisotopic (exact) mass is 247 g/mol. The molecule has 0 aliphatic carbocycles. The molecule has 1 aromatic carbocycles. The Balaban J connectivity index is 2.71. The molecule has 0 saturated heterocycles. The van der Waals surface area contributed by atoms with Gasteiger partial charge in [-0.1, -0.05) is 36.7 Å². The number of hydrogen-bond donors (Lipinski definition) is 0. The Morgan fingerprint density at radius 3 is 2.65 bits per heavy atom. The summed E-state index contributed by atoms with van der Waals surface area (Å²) >= 11 is 6.21. The van der Waals surface area contributed by atoms with Crippen molar-refractivity contribution in [3.05, 3.63) is 46.6 Å². The summed E-state index contributed by atoms with van der Waals surface area (Å²) < 4.78 is 1.96. The second kappa shape index (κ2) is 4.76. The first kappa shape index (κ1) is 11.9. The summed E-state index contributed by atoms with van der Waals surface area (Å²) in [5.41, 5.74) is 3.79. The lowest BCUT2D eigenvalue weighted by Gasteiger charge is -2.08. The van der Waals surface area contributed by atoms with Crippen LogP contribution in [0.4, 0.5) is 0 Å². The van der Waals surface area contributed by atoms with Crippen LogP contribution in [0.25, 0.3) is 11.3 Å². The van der Waals surface area contributed by atoms with Gasteiger partial charge in [0.05, 0.1) is 5.69 Å². The minimum atomic E-state index is 0.709. The van der Waals surface area contributed by atoms with Crippen molar-refractivity contribution >= 4 is 17.9 Å². The minimum absolute atomic E-state index is 0.709. The number of nitrogens with zero attached hydrogens (tertiary/aromatic N) is 1. The number of aldehydes is 1. The average Bonchev–Trinajstić information content (AvgIpc) is 2.66. The van der Waals surface area contributed by atoms with Crippen molar-refractivity contribution in [1.82, 2.24) is 4.57 Å². The summed E-state index contributed by atoms with van der Waals surface area (Å²) in [6.45, 7) is 2.04. The molecule has 0 aliphatic heterocycles. The Hall–Kier alpha value is -1.54. The van der Waals surface area contributed by atoms with E-state index in [2.05, 4.69) is 0 Å². The maximum absolute atomic E-state index is 11.0. The van der Waals surface area contributed by atoms with Gasteiger partial charge in [-0.2, -0.15) is 0 Å². The molecule has 0 saturated carbocycles. The molecule has 2 aromatic rings. The maximum Gasteiger partial charge on any atom is 0.151 e. The van der Waals surface area contributed by atoms with Crippen molar-refractivity contribution in [1.29, 1.82) is 0 Å². The normalized spacial score (nSPS) is 10.5. The second-order valence-electron chi connectivity index (χ2n) is 3.97. The zero-order valence-electron chi connectivity index (χ0n) is 9.90. The standard InChI is InChI=1S/C14H14ClNO/c1-3-11-10(9-17)8-16(2)14(11)12-6-4-5-7-13(12)15/h4-9H,3H2,1-2H3. The van der Waals surface area contributed by atoms with Gasteiger partial charge < -0.3 is 4.57 Å². The van der Waals surface area contributed by atoms with E-state index in [0.29, 0.717) is 5.02 Å². The van der Waals surface area contributed by atoms with Gasteiger partial charge in [0.2, 0.25) is 0 Å². The molecule has 2 nitrogen and oxygen atoms in total. The van der Waals surface area contributed by atoms with Crippen LogP contribution in [0.3, 0.4) is 0 Å². The summed E-state index contributed by atoms with van der Waals surface area (Å²) in [7, 11) is 1.94. The van der Waals surface area contributed by atoms with Crippen molar-refractivity contribution in [2.75, 3.05) is 0 Å². The first-order valence-electron chi connectivity index (χ1n) is 5.57. The maximum atomic E-state index is 11.0. The quantitative estimate of drug-likeness (QED) is 0.758. The van der Waals surface area contributed by atoms with Crippen LogP contribution in [0.1, 0.15) is 22.8 Å². The molecule has 0 aliphatic rings. The Morgan fingerprint density at radius 1 is 1.35 bits per heavy atom. The van der Waals surface area contributed by atoms with Gasteiger partial charge in [-0.15, -0.1) is 0 Å². The van der Waals surface area contributed by atoms with Crippen LogP contribution in [-0.4, -0.2) is 10.9 Å². The second-order valence-corrected chi connectivity index (χ2v) is 4.38. The first-order chi connectivity index (χ1) is 8.19. The van der Waals surface area contributed by atoms with Gasteiger partial charge in [-0.05, 0) is 18.1 Å². The molecule has 1 heterocycles. The smallest absolute Gasteiger partial charge is 0.151 e. The molecule has 0 amide bonds. The third-order valence-corrected chi connectivity index (χ3v) is 3.26. The molecule has 0 unspecified atom stereocenters. The van der Waals surface area contributed by atoms with Crippen LogP contribution in [0.15, 0.2) is 30.5 Å². The van der Waals surface area contributed by atoms with E-state index in [1.54, 1.807) is 0 Å². The SMILES string of the molecule is CCc1c(C=O)cn(C)c1-c1ccccc1Cl. The van der Waals surface area contributed by atoms with Gasteiger partial charge in [0.25, 0.3) is 0 Å². The van der Waals surface area contributed by atoms with Crippen molar-refractivity contribution in [2.45, 2.75) is 13.3 Å². The van der Waals surface area contributed by atoms with Crippen LogP contribution in [-0.2, 0) is 13.5 Å². The predicted octanol–water partition coefficient (Wildman–Crippen LogP) is 3.72. The molecule has 0 atom stereocenters. The lowest BCUT2D eigenvalue weighted by Crippen LogP contribution is -1.93. The Kier molecular flexibility index (Phi) is 3.34. The summed E-state index contributed by atoms with van der Waals surface area (Å²) in [5.74, 6) is 0. The third-order valence-electron chi connectivity index (χ3n) is 2.93. The number of aryl methyl sites for hydroxylation is 1. The molecule has 0 fully saturated rings. The number of hydrogen-bond acceptors (Lipinski definition) is 1. The Labute approximate surface area is 106 Å². The zero-order chi connectivity index (χ0) is 12.4. The predicted molar refractivity (Wildman–Crippen MR) is 70.6 cm³/mol. The van der Waals surface area contributed by atoms with Gasteiger partial charge in [0.15, 0.2) is 6.29 Å². The van der Waals surface area contributed by atoms with Gasteiger partial charge in [-0.25, -0.2) is 0 Å². The number of carbonyl (C=O) groups is 1. The molecule has 88 valence electrons. The van der Waals surface area contributed by atoms with Gasteiger partial charge in [0.1, 0.15) is 0 Å². The van der Waals surface area contributed by atoms with E-state index in [4.69, 9.17) is 11.6 Å². The number of aromatic nitrogens is 1. The summed E-state index contributed by atoms with van der Waals surface area (Å²) in [6, 6.07) is 7.70. The highest BCUT2D eigenvalue weighted by molar-refractivity contribution is 6.33. The molecule has 0 bridgehead atoms. The van der Waals surface area contributed by atoms with E-state index in [1.165, 1.54) is 0 Å². The molecule has 17 heavy (non-hydrogen) atoms. The molecular weight excluding hydrogens is 234 g/mol. The third kappa shape index (κ3) is 2.01. The molecule has 3 heteroatoms. The van der Waals surface area contributed by atoms with Crippen molar-refractivity contribution in [2.24, 2.45) is 7.05 Å². The van der Waals surface area contributed by atoms with E-state index in [9.17, 15) is 4.79 Å². The average molecular weight is 248 g/mol. The highest BCUT2D eigenvalue weighted by atomic mass is 35.5. The molecule has 1 aromatic heterocycles. The summed E-state index contributed by atoms with van der Waals surface area (Å²) in [5, 5.41) is 0.709. The molecule has 0 radical (unpaired) electrons. The van der Waals surface area contributed by atoms with E-state index >= 15 is 0 Å². The van der Waals surface area contributed by atoms with Gasteiger partial charge in [-0.3, -0.25) is 4.79 Å². The molecule has 2 rings (SSSR count). The van der Waals surface area contributed by atoms with Crippen molar-refractivity contribution in [3.8, 4) is 11.3 Å². The summed E-state index contributed by atoms with van der Waals surface area (Å²) in [6.07, 6.45) is 3.57. The van der Waals surface area contributed by atoms with Crippen LogP contribution in [0, 0.1) is 0 Å². The number of halogens is 1. The highest BCUT2D eigenvalue weighted by Crippen LogP contribution is 2.32. The number of benzene rings is 1. The number of carbonyl (C=O) groups excluding carboxylic acids is 1. The Morgan fingerprint density at radius 2 is 2.06 bits per heavy atom. The number of rotatable bonds is 3. The van der Waals surface area contributed by atoms with Gasteiger partial charge in [0, 0.05) is 29.4 Å². The van der Waals surface area contributed by atoms with E-state index in [1.807, 2.05) is 49.0 Å². The van der Waals surface area contributed by atoms with Crippen LogP contribution in [0.5, 0.6) is 0 Å². The highest BCUT2D eigenvalue weighted by Gasteiger charge is 2.15. The Bertz CT molecular complexity index is 557. The van der Waals surface area contributed by atoms with E-state index < -0.39 is 0 Å². The zero-order valence-corrected chi connectivity index (χ0v) is 10.7. The lowest BCUT2D eigenvalue weighted by molar-refractivity contribution is 0.112. The molecule has 0 spiro atoms. The van der Waals surface area contributed by atoms with Crippen LogP contribution < -0.4 is 0 Å². The fourth-order valence-corrected chi connectivity index (χ4v) is 2.40. The molecular formula is C14H14ClNO. The first-order valence-corrected chi connectivity index (χ1v) is 5.95. The van der Waals surface area contributed by atoms with Gasteiger partial charge >= 0.3 is 0 Å². The topological polar surface area (TPSA) is 22.0 Å². The largest absolute Gasteiger partial charge is 0.350 e. The fourth-order valence-electron chi connectivity index (χ4n) is 2.18. The van der Waals surface area contributed by atoms with Crippen molar-refractivity contribution in [3.63, 3.8) is 0 Å². The molecule has 0 N–H and O–H groups in total. The van der Waals surface area contributed by atoms with Crippen molar-refractivity contribution < 1.29 is 4.79 Å². The minimum Gasteiger partial charge on any atom is -0.350 e.